The van der Waals surface area contributed by atoms with E-state index in [1.165, 1.54) is 6.26 Å². The van der Waals surface area contributed by atoms with Crippen molar-refractivity contribution in [1.82, 2.24) is 5.16 Å². The van der Waals surface area contributed by atoms with E-state index in [0.29, 0.717) is 22.4 Å². The molecule has 0 atom stereocenters. The standard InChI is InChI=1S/C11H9BrN2O3/c12-8-2-1-3-9(10(8)11(15)16)13-6-7-4-5-17-14-7/h1-5,13H,6H2,(H,15,16). The Balaban J connectivity index is 2.21. The molecule has 0 radical (unpaired) electrons. The summed E-state index contributed by atoms with van der Waals surface area (Å²) in [6.45, 7) is 0.410. The van der Waals surface area contributed by atoms with Gasteiger partial charge in [0.05, 0.1) is 17.8 Å². The van der Waals surface area contributed by atoms with Gasteiger partial charge >= 0.3 is 5.97 Å². The number of carboxylic acids is 1. The smallest absolute Gasteiger partial charge is 0.338 e. The Hall–Kier alpha value is -1.82. The fourth-order valence-corrected chi connectivity index (χ4v) is 1.94. The highest BCUT2D eigenvalue weighted by molar-refractivity contribution is 9.10. The van der Waals surface area contributed by atoms with Crippen molar-refractivity contribution in [3.63, 3.8) is 0 Å². The molecule has 0 saturated carbocycles. The van der Waals surface area contributed by atoms with Crippen LogP contribution in [0.3, 0.4) is 0 Å². The lowest BCUT2D eigenvalue weighted by atomic mass is 10.2. The van der Waals surface area contributed by atoms with Gasteiger partial charge in [0.15, 0.2) is 0 Å². The van der Waals surface area contributed by atoms with Gasteiger partial charge in [-0.2, -0.15) is 0 Å². The molecule has 0 fully saturated rings. The van der Waals surface area contributed by atoms with E-state index in [4.69, 9.17) is 5.11 Å². The lowest BCUT2D eigenvalue weighted by Crippen LogP contribution is -2.07. The molecule has 2 N–H and O–H groups in total. The Labute approximate surface area is 106 Å². The van der Waals surface area contributed by atoms with Gasteiger partial charge in [-0.25, -0.2) is 4.79 Å². The van der Waals surface area contributed by atoms with Gasteiger partial charge in [-0.05, 0) is 28.1 Å². The molecule has 0 unspecified atom stereocenters. The minimum atomic E-state index is -0.986. The molecule has 0 aliphatic carbocycles. The maximum Gasteiger partial charge on any atom is 0.338 e. The average Bonchev–Trinajstić information content (AvgIpc) is 2.78. The SMILES string of the molecule is O=C(O)c1c(Br)cccc1NCc1ccon1. The van der Waals surface area contributed by atoms with Crippen molar-refractivity contribution in [2.24, 2.45) is 0 Å². The monoisotopic (exact) mass is 296 g/mol. The van der Waals surface area contributed by atoms with E-state index >= 15 is 0 Å². The molecule has 5 nitrogen and oxygen atoms in total. The number of carbonyl (C=O) groups is 1. The van der Waals surface area contributed by atoms with E-state index in [2.05, 4.69) is 30.9 Å². The van der Waals surface area contributed by atoms with Gasteiger partial charge in [0.25, 0.3) is 0 Å². The fraction of sp³-hybridized carbons (Fsp3) is 0.0909. The molecule has 0 amide bonds. The molecule has 88 valence electrons. The zero-order valence-electron chi connectivity index (χ0n) is 8.68. The van der Waals surface area contributed by atoms with Crippen LogP contribution in [0, 0.1) is 0 Å². The first-order valence-corrected chi connectivity index (χ1v) is 5.62. The van der Waals surface area contributed by atoms with E-state index in [0.717, 1.165) is 0 Å². The van der Waals surface area contributed by atoms with Gasteiger partial charge in [-0.1, -0.05) is 11.2 Å². The van der Waals surface area contributed by atoms with Crippen molar-refractivity contribution >= 4 is 27.6 Å². The second-order valence-corrected chi connectivity index (χ2v) is 4.17. The number of aromatic carboxylic acids is 1. The van der Waals surface area contributed by atoms with Gasteiger partial charge < -0.3 is 14.9 Å². The van der Waals surface area contributed by atoms with Crippen LogP contribution in [0.25, 0.3) is 0 Å². The maximum absolute atomic E-state index is 11.1. The van der Waals surface area contributed by atoms with Crippen molar-refractivity contribution in [1.29, 1.82) is 0 Å². The first-order chi connectivity index (χ1) is 8.18. The highest BCUT2D eigenvalue weighted by Gasteiger charge is 2.13. The number of carboxylic acid groups (broad SMARTS) is 1. The number of benzene rings is 1. The molecule has 0 aliphatic rings. The number of aromatic nitrogens is 1. The van der Waals surface area contributed by atoms with E-state index < -0.39 is 5.97 Å². The van der Waals surface area contributed by atoms with Crippen LogP contribution in [0.2, 0.25) is 0 Å². The van der Waals surface area contributed by atoms with Crippen molar-refractivity contribution in [2.75, 3.05) is 5.32 Å². The molecule has 6 heteroatoms. The summed E-state index contributed by atoms with van der Waals surface area (Å²) >= 11 is 3.21. The van der Waals surface area contributed by atoms with Gasteiger partial charge in [-0.3, -0.25) is 0 Å². The number of anilines is 1. The molecule has 0 saturated heterocycles. The lowest BCUT2D eigenvalue weighted by molar-refractivity contribution is 0.0697. The minimum absolute atomic E-state index is 0.205. The second kappa shape index (κ2) is 5.01. The van der Waals surface area contributed by atoms with Gasteiger partial charge in [-0.15, -0.1) is 0 Å². The Kier molecular flexibility index (Phi) is 3.43. The third-order valence-corrected chi connectivity index (χ3v) is 2.84. The zero-order chi connectivity index (χ0) is 12.3. The van der Waals surface area contributed by atoms with Crippen LogP contribution < -0.4 is 5.32 Å². The van der Waals surface area contributed by atoms with Crippen molar-refractivity contribution in [3.8, 4) is 0 Å². The number of hydrogen-bond acceptors (Lipinski definition) is 4. The van der Waals surface area contributed by atoms with Gasteiger partial charge in [0, 0.05) is 10.5 Å². The van der Waals surface area contributed by atoms with Crippen LogP contribution in [0.15, 0.2) is 39.5 Å². The number of hydrogen-bond donors (Lipinski definition) is 2. The second-order valence-electron chi connectivity index (χ2n) is 3.31. The van der Waals surface area contributed by atoms with E-state index in [-0.39, 0.29) is 5.56 Å². The Morgan fingerprint density at radius 2 is 2.29 bits per heavy atom. The lowest BCUT2D eigenvalue weighted by Gasteiger charge is -2.09. The molecule has 1 heterocycles. The molecule has 1 aromatic heterocycles. The minimum Gasteiger partial charge on any atom is -0.478 e. The molecule has 0 spiro atoms. The van der Waals surface area contributed by atoms with E-state index in [9.17, 15) is 4.79 Å². The molecule has 17 heavy (non-hydrogen) atoms. The zero-order valence-corrected chi connectivity index (χ0v) is 10.3. The number of nitrogens with one attached hydrogen (secondary N) is 1. The van der Waals surface area contributed by atoms with Crippen LogP contribution in [-0.2, 0) is 6.54 Å². The summed E-state index contributed by atoms with van der Waals surface area (Å²) in [6.07, 6.45) is 1.47. The summed E-state index contributed by atoms with van der Waals surface area (Å²) in [4.78, 5) is 11.1. The maximum atomic E-state index is 11.1. The Morgan fingerprint density at radius 1 is 1.47 bits per heavy atom. The summed E-state index contributed by atoms with van der Waals surface area (Å²) in [6, 6.07) is 6.87. The Morgan fingerprint density at radius 3 is 2.94 bits per heavy atom. The number of rotatable bonds is 4. The highest BCUT2D eigenvalue weighted by atomic mass is 79.9. The molecule has 0 aliphatic heterocycles. The van der Waals surface area contributed by atoms with Crippen molar-refractivity contribution in [2.45, 2.75) is 6.54 Å². The van der Waals surface area contributed by atoms with Crippen molar-refractivity contribution in [3.05, 3.63) is 46.3 Å². The predicted octanol–water partition coefficient (Wildman–Crippen LogP) is 2.75. The topological polar surface area (TPSA) is 75.4 Å². The predicted molar refractivity (Wildman–Crippen MR) is 64.9 cm³/mol. The average molecular weight is 297 g/mol. The van der Waals surface area contributed by atoms with E-state index in [1.807, 2.05) is 0 Å². The van der Waals surface area contributed by atoms with Gasteiger partial charge in [0.2, 0.25) is 0 Å². The molecule has 2 rings (SSSR count). The summed E-state index contributed by atoms with van der Waals surface area (Å²) in [5.74, 6) is -0.986. The Bertz CT molecular complexity index is 526. The summed E-state index contributed by atoms with van der Waals surface area (Å²) in [5, 5.41) is 15.8. The van der Waals surface area contributed by atoms with Crippen LogP contribution >= 0.6 is 15.9 Å². The largest absolute Gasteiger partial charge is 0.478 e. The molecule has 2 aromatic rings. The quantitative estimate of drug-likeness (QED) is 0.907. The first-order valence-electron chi connectivity index (χ1n) is 4.83. The molecular weight excluding hydrogens is 288 g/mol. The third-order valence-electron chi connectivity index (χ3n) is 2.18. The molecule has 0 bridgehead atoms. The first kappa shape index (κ1) is 11.7. The van der Waals surface area contributed by atoms with E-state index in [1.54, 1.807) is 24.3 Å². The summed E-state index contributed by atoms with van der Waals surface area (Å²) in [7, 11) is 0. The van der Waals surface area contributed by atoms with Crippen LogP contribution in [-0.4, -0.2) is 16.2 Å². The van der Waals surface area contributed by atoms with Gasteiger partial charge in [0.1, 0.15) is 12.0 Å². The number of nitrogens with zero attached hydrogens (tertiary/aromatic N) is 1. The summed E-state index contributed by atoms with van der Waals surface area (Å²) in [5.41, 5.74) is 1.45. The van der Waals surface area contributed by atoms with Crippen LogP contribution in [0.1, 0.15) is 16.1 Å². The normalized spacial score (nSPS) is 10.2. The number of halogens is 1. The molecule has 1 aromatic carbocycles. The fourth-order valence-electron chi connectivity index (χ4n) is 1.40. The van der Waals surface area contributed by atoms with Crippen molar-refractivity contribution < 1.29 is 14.4 Å². The molecular formula is C11H9BrN2O3. The third kappa shape index (κ3) is 2.65. The summed E-state index contributed by atoms with van der Waals surface area (Å²) < 4.78 is 5.23. The highest BCUT2D eigenvalue weighted by Crippen LogP contribution is 2.25. The van der Waals surface area contributed by atoms with Crippen LogP contribution in [0.5, 0.6) is 0 Å². The van der Waals surface area contributed by atoms with Crippen LogP contribution in [0.4, 0.5) is 5.69 Å².